The molecule has 9 nitrogen and oxygen atoms in total. The van der Waals surface area contributed by atoms with Gasteiger partial charge in [-0.05, 0) is 83.5 Å². The minimum atomic E-state index is -1.51. The third-order valence-corrected chi connectivity index (χ3v) is 13.5. The fourth-order valence-electron chi connectivity index (χ4n) is 8.82. The van der Waals surface area contributed by atoms with Crippen molar-refractivity contribution >= 4 is 5.97 Å². The number of carbonyl (C=O) groups excluding carboxylic acids is 1. The van der Waals surface area contributed by atoms with Crippen molar-refractivity contribution in [1.82, 2.24) is 0 Å². The van der Waals surface area contributed by atoms with Crippen molar-refractivity contribution in [3.63, 3.8) is 0 Å². The van der Waals surface area contributed by atoms with Crippen molar-refractivity contribution in [2.75, 3.05) is 33.0 Å². The molecule has 0 aromatic rings. The summed E-state index contributed by atoms with van der Waals surface area (Å²) in [6, 6.07) is 0. The third kappa shape index (κ3) is 41.6. The van der Waals surface area contributed by atoms with Crippen LogP contribution in [0.1, 0.15) is 265 Å². The van der Waals surface area contributed by atoms with Gasteiger partial charge in [-0.2, -0.15) is 0 Å². The summed E-state index contributed by atoms with van der Waals surface area (Å²) in [6.07, 6.45) is 56.2. The van der Waals surface area contributed by atoms with E-state index in [0.717, 1.165) is 70.6 Å². The first-order valence-corrected chi connectivity index (χ1v) is 29.7. The average Bonchev–Trinajstić information content (AvgIpc) is 3.36. The van der Waals surface area contributed by atoms with Crippen molar-refractivity contribution in [1.29, 1.82) is 0 Å². The Morgan fingerprint density at radius 1 is 0.457 bits per heavy atom. The molecule has 0 saturated carbocycles. The van der Waals surface area contributed by atoms with E-state index < -0.39 is 30.7 Å². The molecule has 410 valence electrons. The molecule has 0 radical (unpaired) electrons. The molecule has 1 fully saturated rings. The van der Waals surface area contributed by atoms with E-state index in [1.54, 1.807) is 0 Å². The highest BCUT2D eigenvalue weighted by Gasteiger charge is 2.45. The van der Waals surface area contributed by atoms with Crippen LogP contribution in [0.4, 0.5) is 0 Å². The van der Waals surface area contributed by atoms with Crippen LogP contribution in [-0.4, -0.2) is 91.1 Å². The van der Waals surface area contributed by atoms with Crippen molar-refractivity contribution < 1.29 is 43.8 Å². The highest BCUT2D eigenvalue weighted by atomic mass is 16.7. The molecule has 1 aliphatic rings. The lowest BCUT2D eigenvalue weighted by molar-refractivity contribution is -0.306. The second-order valence-electron chi connectivity index (χ2n) is 20.3. The van der Waals surface area contributed by atoms with Gasteiger partial charge in [0.25, 0.3) is 0 Å². The lowest BCUT2D eigenvalue weighted by Gasteiger charge is -2.40. The molecule has 9 heteroatoms. The molecule has 1 heterocycles. The zero-order valence-electron chi connectivity index (χ0n) is 45.8. The number of carbonyl (C=O) groups is 1. The summed E-state index contributed by atoms with van der Waals surface area (Å²) in [5, 5.41) is 32.3. The number of esters is 1. The maximum Gasteiger partial charge on any atom is 0.305 e. The average molecular weight is 990 g/mol. The fraction of sp³-hybridized carbons (Fsp3) is 0.852. The first-order chi connectivity index (χ1) is 34.4. The van der Waals surface area contributed by atoms with Crippen molar-refractivity contribution in [3.8, 4) is 0 Å². The van der Waals surface area contributed by atoms with Crippen LogP contribution in [0.25, 0.3) is 0 Å². The van der Waals surface area contributed by atoms with Gasteiger partial charge in [0.1, 0.15) is 37.1 Å². The lowest BCUT2D eigenvalue weighted by atomic mass is 9.99. The molecule has 70 heavy (non-hydrogen) atoms. The Bertz CT molecular complexity index is 1220. The molecular weight excluding hydrogens is 877 g/mol. The van der Waals surface area contributed by atoms with Crippen LogP contribution in [0.5, 0.6) is 0 Å². The minimum absolute atomic E-state index is 0.0853. The summed E-state index contributed by atoms with van der Waals surface area (Å²) < 4.78 is 29.8. The van der Waals surface area contributed by atoms with Crippen LogP contribution in [-0.2, 0) is 28.5 Å². The first kappa shape index (κ1) is 66.2. The summed E-state index contributed by atoms with van der Waals surface area (Å²) in [4.78, 5) is 12.6. The molecule has 0 aliphatic carbocycles. The van der Waals surface area contributed by atoms with E-state index in [4.69, 9.17) is 23.7 Å². The summed E-state index contributed by atoms with van der Waals surface area (Å²) in [7, 11) is 0. The van der Waals surface area contributed by atoms with E-state index in [9.17, 15) is 20.1 Å². The van der Waals surface area contributed by atoms with Crippen LogP contribution in [0.15, 0.2) is 48.6 Å². The second kappa shape index (κ2) is 52.0. The summed E-state index contributed by atoms with van der Waals surface area (Å²) in [6.45, 7) is 8.16. The van der Waals surface area contributed by atoms with Crippen molar-refractivity contribution in [2.45, 2.75) is 302 Å². The van der Waals surface area contributed by atoms with Gasteiger partial charge < -0.3 is 39.0 Å². The zero-order valence-corrected chi connectivity index (χ0v) is 45.8. The van der Waals surface area contributed by atoms with Crippen LogP contribution in [0, 0.1) is 0 Å². The Morgan fingerprint density at radius 3 is 1.34 bits per heavy atom. The van der Waals surface area contributed by atoms with Crippen LogP contribution in [0.2, 0.25) is 0 Å². The molecule has 0 unspecified atom stereocenters. The van der Waals surface area contributed by atoms with Crippen LogP contribution < -0.4 is 0 Å². The quantitative estimate of drug-likeness (QED) is 0.0310. The fourth-order valence-corrected chi connectivity index (χ4v) is 8.82. The van der Waals surface area contributed by atoms with Crippen LogP contribution in [0.3, 0.4) is 0 Å². The molecule has 0 amide bonds. The summed E-state index contributed by atoms with van der Waals surface area (Å²) >= 11 is 0. The normalized spacial score (nSPS) is 19.2. The monoisotopic (exact) mass is 989 g/mol. The summed E-state index contributed by atoms with van der Waals surface area (Å²) in [5.41, 5.74) is 0. The Hall–Kier alpha value is -1.85. The van der Waals surface area contributed by atoms with Gasteiger partial charge in [-0.25, -0.2) is 0 Å². The van der Waals surface area contributed by atoms with Gasteiger partial charge in [0, 0.05) is 19.6 Å². The predicted octanol–water partition coefficient (Wildman–Crippen LogP) is 15.9. The van der Waals surface area contributed by atoms with E-state index in [0.29, 0.717) is 26.2 Å². The molecule has 1 saturated heterocycles. The van der Waals surface area contributed by atoms with E-state index in [1.165, 1.54) is 167 Å². The molecule has 0 aromatic carbocycles. The summed E-state index contributed by atoms with van der Waals surface area (Å²) in [5.74, 6) is -0.355. The van der Waals surface area contributed by atoms with Gasteiger partial charge in [0.05, 0.1) is 13.2 Å². The van der Waals surface area contributed by atoms with E-state index in [2.05, 4.69) is 69.4 Å². The maximum absolute atomic E-state index is 12.6. The third-order valence-electron chi connectivity index (χ3n) is 13.5. The number of aliphatic hydroxyl groups is 3. The van der Waals surface area contributed by atoms with Crippen LogP contribution >= 0.6 is 0 Å². The first-order valence-electron chi connectivity index (χ1n) is 29.7. The van der Waals surface area contributed by atoms with Crippen molar-refractivity contribution in [2.24, 2.45) is 0 Å². The molecule has 3 N–H and O–H groups in total. The highest BCUT2D eigenvalue weighted by Crippen LogP contribution is 2.24. The van der Waals surface area contributed by atoms with Gasteiger partial charge in [-0.15, -0.1) is 0 Å². The standard InChI is InChI=1S/C61H112O9/c1-4-7-10-13-16-19-22-25-27-29-32-35-38-41-44-47-50-66-52-55(67-51-48-45-42-39-36-33-30-28-26-23-20-17-14-11-8-5-2)53-69-61-60(65)59(64)58(63)56(70-61)54-68-57(62)49-46-43-40-37-34-31-24-21-18-15-12-9-6-3/h16-17,19-20,25-28,55-56,58-61,63-65H,4-15,18,21-24,29-54H2,1-3H3/b19-16-,20-17-,27-25-,28-26-/t55-,56-,58+,59+,60-,61-/m1/s1. The Morgan fingerprint density at radius 2 is 0.857 bits per heavy atom. The highest BCUT2D eigenvalue weighted by molar-refractivity contribution is 5.69. The van der Waals surface area contributed by atoms with Gasteiger partial charge in [0.2, 0.25) is 0 Å². The number of ether oxygens (including phenoxy) is 5. The number of allylic oxidation sites excluding steroid dienone is 8. The number of hydrogen-bond acceptors (Lipinski definition) is 9. The Labute approximate surface area is 431 Å². The maximum atomic E-state index is 12.6. The smallest absolute Gasteiger partial charge is 0.305 e. The second-order valence-corrected chi connectivity index (χ2v) is 20.3. The largest absolute Gasteiger partial charge is 0.463 e. The van der Waals surface area contributed by atoms with E-state index in [1.807, 2.05) is 0 Å². The lowest BCUT2D eigenvalue weighted by Crippen LogP contribution is -2.59. The topological polar surface area (TPSA) is 124 Å². The Balaban J connectivity index is 2.44. The number of aliphatic hydroxyl groups excluding tert-OH is 3. The Kier molecular flexibility index (Phi) is 49.2. The van der Waals surface area contributed by atoms with Gasteiger partial charge >= 0.3 is 5.97 Å². The van der Waals surface area contributed by atoms with E-state index >= 15 is 0 Å². The predicted molar refractivity (Wildman–Crippen MR) is 293 cm³/mol. The number of rotatable bonds is 52. The number of hydrogen-bond donors (Lipinski definition) is 3. The number of unbranched alkanes of at least 4 members (excludes halogenated alkanes) is 30. The molecule has 0 bridgehead atoms. The van der Waals surface area contributed by atoms with Crippen molar-refractivity contribution in [3.05, 3.63) is 48.6 Å². The molecule has 1 aliphatic heterocycles. The SMILES string of the molecule is CCCCC/C=C\C/C=C\CCCCCCCCOC[C@H](CO[C@@H]1O[C@H](COC(=O)CCCCCCCCCCCCCCC)[C@H](O)[C@H](O)[C@H]1O)OCCCCCCCC/C=C\C/C=C\CCCCC. The molecule has 0 aromatic heterocycles. The molecule has 1 rings (SSSR count). The van der Waals surface area contributed by atoms with Gasteiger partial charge in [-0.1, -0.05) is 223 Å². The van der Waals surface area contributed by atoms with Gasteiger partial charge in [0.15, 0.2) is 6.29 Å². The molecule has 6 atom stereocenters. The molecule has 0 spiro atoms. The van der Waals surface area contributed by atoms with Gasteiger partial charge in [-0.3, -0.25) is 4.79 Å². The zero-order chi connectivity index (χ0) is 50.6. The van der Waals surface area contributed by atoms with E-state index in [-0.39, 0.29) is 25.3 Å². The molecular formula is C61H112O9. The minimum Gasteiger partial charge on any atom is -0.463 e.